The van der Waals surface area contributed by atoms with Crippen molar-refractivity contribution in [3.63, 3.8) is 0 Å². The molecule has 1 fully saturated rings. The van der Waals surface area contributed by atoms with E-state index in [1.807, 2.05) is 4.90 Å². The Morgan fingerprint density at radius 1 is 1.10 bits per heavy atom. The molecule has 2 aliphatic heterocycles. The predicted octanol–water partition coefficient (Wildman–Crippen LogP) is 2.91. The third-order valence-corrected chi connectivity index (χ3v) is 5.32. The molecule has 1 saturated heterocycles. The second-order valence-electron chi connectivity index (χ2n) is 7.63. The van der Waals surface area contributed by atoms with Gasteiger partial charge in [0.2, 0.25) is 5.91 Å². The fourth-order valence-corrected chi connectivity index (χ4v) is 3.64. The number of rotatable bonds is 5. The number of carbonyl (C=O) groups is 2. The van der Waals surface area contributed by atoms with Crippen LogP contribution in [0.1, 0.15) is 31.2 Å². The minimum absolute atomic E-state index is 0.00232. The second kappa shape index (κ2) is 10.1. The monoisotopic (exact) mass is 441 g/mol. The van der Waals surface area contributed by atoms with Crippen molar-refractivity contribution in [2.45, 2.75) is 50.1 Å². The summed E-state index contributed by atoms with van der Waals surface area (Å²) in [5.41, 5.74) is -0.621. The highest BCUT2D eigenvalue weighted by molar-refractivity contribution is 5.89. The number of likely N-dealkylation sites (tertiary alicyclic amines) is 1. The van der Waals surface area contributed by atoms with Crippen molar-refractivity contribution in [3.05, 3.63) is 42.0 Å². The van der Waals surface area contributed by atoms with E-state index in [2.05, 4.69) is 10.6 Å². The van der Waals surface area contributed by atoms with Gasteiger partial charge in [-0.1, -0.05) is 12.2 Å². The first-order valence-electron chi connectivity index (χ1n) is 10.2. The fourth-order valence-electron chi connectivity index (χ4n) is 3.64. The van der Waals surface area contributed by atoms with Gasteiger partial charge in [0.1, 0.15) is 6.10 Å². The summed E-state index contributed by atoms with van der Waals surface area (Å²) in [4.78, 5) is 26.4. The lowest BCUT2D eigenvalue weighted by atomic mass is 10.0. The zero-order valence-corrected chi connectivity index (χ0v) is 16.9. The van der Waals surface area contributed by atoms with Crippen LogP contribution in [0, 0.1) is 0 Å². The summed E-state index contributed by atoms with van der Waals surface area (Å²) in [6.45, 7) is 1.12. The molecule has 3 atom stereocenters. The molecule has 2 aliphatic rings. The van der Waals surface area contributed by atoms with Crippen LogP contribution in [0.25, 0.3) is 0 Å². The minimum Gasteiger partial charge on any atom is -0.394 e. The maximum absolute atomic E-state index is 12.6. The summed E-state index contributed by atoms with van der Waals surface area (Å²) in [7, 11) is 0. The lowest BCUT2D eigenvalue weighted by Gasteiger charge is -2.33. The van der Waals surface area contributed by atoms with E-state index in [0.717, 1.165) is 56.6 Å². The number of hydrogen-bond acceptors (Lipinski definition) is 4. The van der Waals surface area contributed by atoms with E-state index in [-0.39, 0.29) is 24.6 Å². The van der Waals surface area contributed by atoms with Crippen LogP contribution in [-0.4, -0.2) is 59.9 Å². The molecule has 0 aromatic heterocycles. The normalized spacial score (nSPS) is 24.0. The highest BCUT2D eigenvalue weighted by atomic mass is 19.4. The number of ether oxygens (including phenoxy) is 1. The average Bonchev–Trinajstić information content (AvgIpc) is 2.75. The first-order valence-corrected chi connectivity index (χ1v) is 10.2. The first kappa shape index (κ1) is 23.1. The van der Waals surface area contributed by atoms with Crippen LogP contribution in [0.5, 0.6) is 0 Å². The van der Waals surface area contributed by atoms with Gasteiger partial charge in [0.15, 0.2) is 0 Å². The van der Waals surface area contributed by atoms with E-state index >= 15 is 0 Å². The average molecular weight is 441 g/mol. The number of aliphatic hydroxyl groups is 1. The zero-order valence-electron chi connectivity index (χ0n) is 16.9. The summed E-state index contributed by atoms with van der Waals surface area (Å²) in [5.74, 6) is -0.00232. The Labute approximate surface area is 178 Å². The van der Waals surface area contributed by atoms with E-state index in [0.29, 0.717) is 0 Å². The highest BCUT2D eigenvalue weighted by Gasteiger charge is 2.31. The molecule has 3 amide bonds. The van der Waals surface area contributed by atoms with Crippen molar-refractivity contribution in [2.24, 2.45) is 0 Å². The molecular weight excluding hydrogens is 415 g/mol. The van der Waals surface area contributed by atoms with Crippen LogP contribution >= 0.6 is 0 Å². The van der Waals surface area contributed by atoms with Crippen LogP contribution in [0.4, 0.5) is 23.7 Å². The van der Waals surface area contributed by atoms with Crippen LogP contribution in [-0.2, 0) is 15.7 Å². The van der Waals surface area contributed by atoms with E-state index in [1.54, 1.807) is 12.2 Å². The topological polar surface area (TPSA) is 90.9 Å². The maximum Gasteiger partial charge on any atom is 0.416 e. The Hall–Kier alpha value is -2.59. The van der Waals surface area contributed by atoms with Gasteiger partial charge in [0.25, 0.3) is 0 Å². The Balaban J connectivity index is 1.53. The molecule has 31 heavy (non-hydrogen) atoms. The molecule has 2 heterocycles. The lowest BCUT2D eigenvalue weighted by molar-refractivity contribution is -0.138. The largest absolute Gasteiger partial charge is 0.416 e. The number of piperidine rings is 1. The van der Waals surface area contributed by atoms with E-state index < -0.39 is 36.0 Å². The van der Waals surface area contributed by atoms with E-state index in [1.165, 1.54) is 0 Å². The fraction of sp³-hybridized carbons (Fsp3) is 0.524. The van der Waals surface area contributed by atoms with Gasteiger partial charge in [-0.15, -0.1) is 0 Å². The molecule has 0 unspecified atom stereocenters. The van der Waals surface area contributed by atoms with Crippen molar-refractivity contribution in [3.8, 4) is 0 Å². The van der Waals surface area contributed by atoms with Crippen LogP contribution in [0.15, 0.2) is 36.4 Å². The van der Waals surface area contributed by atoms with Gasteiger partial charge in [-0.25, -0.2) is 4.79 Å². The SMILES string of the molecule is O=C(Nc1ccc(C(F)(F)F)cc1)N[C@H]1C=C[C@H](CC(=O)N2CCCCC2)O[C@H]1CO. The smallest absolute Gasteiger partial charge is 0.394 e. The Morgan fingerprint density at radius 3 is 2.39 bits per heavy atom. The van der Waals surface area contributed by atoms with Crippen LogP contribution in [0.2, 0.25) is 0 Å². The van der Waals surface area contributed by atoms with Gasteiger partial charge in [-0.05, 0) is 43.5 Å². The maximum atomic E-state index is 12.6. The molecule has 0 aliphatic carbocycles. The lowest BCUT2D eigenvalue weighted by Crippen LogP contribution is -2.50. The number of aliphatic hydroxyl groups excluding tert-OH is 1. The van der Waals surface area contributed by atoms with Crippen molar-refractivity contribution in [1.29, 1.82) is 0 Å². The molecule has 0 saturated carbocycles. The number of anilines is 1. The van der Waals surface area contributed by atoms with Crippen LogP contribution < -0.4 is 10.6 Å². The third-order valence-electron chi connectivity index (χ3n) is 5.32. The predicted molar refractivity (Wildman–Crippen MR) is 107 cm³/mol. The Kier molecular flexibility index (Phi) is 7.55. The molecule has 0 bridgehead atoms. The van der Waals surface area contributed by atoms with Gasteiger partial charge >= 0.3 is 12.2 Å². The van der Waals surface area contributed by atoms with Gasteiger partial charge < -0.3 is 25.4 Å². The van der Waals surface area contributed by atoms with Crippen molar-refractivity contribution in [1.82, 2.24) is 10.2 Å². The number of halogens is 3. The van der Waals surface area contributed by atoms with Crippen molar-refractivity contribution >= 4 is 17.6 Å². The number of nitrogens with zero attached hydrogens (tertiary/aromatic N) is 1. The molecule has 10 heteroatoms. The highest BCUT2D eigenvalue weighted by Crippen LogP contribution is 2.29. The van der Waals surface area contributed by atoms with Gasteiger partial charge in [-0.3, -0.25) is 4.79 Å². The molecular formula is C21H26F3N3O4. The van der Waals surface area contributed by atoms with Gasteiger partial charge in [-0.2, -0.15) is 13.2 Å². The zero-order chi connectivity index (χ0) is 22.4. The quantitative estimate of drug-likeness (QED) is 0.613. The molecule has 3 N–H and O–H groups in total. The molecule has 0 spiro atoms. The minimum atomic E-state index is -4.45. The number of alkyl halides is 3. The third kappa shape index (κ3) is 6.44. The molecule has 170 valence electrons. The van der Waals surface area contributed by atoms with Crippen molar-refractivity contribution < 1.29 is 32.6 Å². The standard InChI is InChI=1S/C21H26F3N3O4/c22-21(23,24)14-4-6-15(7-5-14)25-20(30)26-17-9-8-16(31-18(17)13-28)12-19(29)27-10-2-1-3-11-27/h4-9,16-18,28H,1-3,10-13H2,(H2,25,26,30)/t16-,17+,18+/m1/s1. The van der Waals surface area contributed by atoms with Gasteiger partial charge in [0, 0.05) is 18.8 Å². The number of carbonyl (C=O) groups excluding carboxylic acids is 2. The van der Waals surface area contributed by atoms with E-state index in [9.17, 15) is 27.9 Å². The number of nitrogens with one attached hydrogen (secondary N) is 2. The summed E-state index contributed by atoms with van der Waals surface area (Å²) in [5, 5.41) is 14.7. The number of amides is 3. The summed E-state index contributed by atoms with van der Waals surface area (Å²) in [6, 6.07) is 2.75. The molecule has 1 aromatic rings. The summed E-state index contributed by atoms with van der Waals surface area (Å²) >= 11 is 0. The van der Waals surface area contributed by atoms with Gasteiger partial charge in [0.05, 0.1) is 30.7 Å². The Bertz CT molecular complexity index is 792. The van der Waals surface area contributed by atoms with Crippen molar-refractivity contribution in [2.75, 3.05) is 25.0 Å². The van der Waals surface area contributed by atoms with Crippen LogP contribution in [0.3, 0.4) is 0 Å². The molecule has 7 nitrogen and oxygen atoms in total. The number of urea groups is 1. The number of benzene rings is 1. The second-order valence-corrected chi connectivity index (χ2v) is 7.63. The molecule has 1 aromatic carbocycles. The first-order chi connectivity index (χ1) is 14.8. The number of hydrogen-bond donors (Lipinski definition) is 3. The summed E-state index contributed by atoms with van der Waals surface area (Å²) in [6.07, 6.45) is 0.909. The summed E-state index contributed by atoms with van der Waals surface area (Å²) < 4.78 is 43.6. The Morgan fingerprint density at radius 2 is 1.77 bits per heavy atom. The molecule has 3 rings (SSSR count). The van der Waals surface area contributed by atoms with E-state index in [4.69, 9.17) is 4.74 Å². The molecule has 0 radical (unpaired) electrons.